The molecule has 0 atom stereocenters. The molecule has 0 bridgehead atoms. The van der Waals surface area contributed by atoms with Gasteiger partial charge >= 0.3 is 0 Å². The molecule has 1 aliphatic rings. The maximum Gasteiger partial charge on any atom is 0.126 e. The summed E-state index contributed by atoms with van der Waals surface area (Å²) >= 11 is 3.44. The van der Waals surface area contributed by atoms with Crippen LogP contribution in [0, 0.1) is 0 Å². The number of nitrogens with zero attached hydrogens (tertiary/aromatic N) is 1. The minimum absolute atomic E-state index is 0.242. The SMILES string of the molecule is NC1(c2ncc(-c3ccc(Br)cc3)[nH]2)CCCC1. The van der Waals surface area contributed by atoms with Crippen LogP contribution in [0.3, 0.4) is 0 Å². The zero-order chi connectivity index (χ0) is 12.6. The van der Waals surface area contributed by atoms with Gasteiger partial charge in [-0.3, -0.25) is 0 Å². The average Bonchev–Trinajstić information content (AvgIpc) is 2.99. The number of hydrogen-bond donors (Lipinski definition) is 2. The third-order valence-electron chi connectivity index (χ3n) is 3.70. The fraction of sp³-hybridized carbons (Fsp3) is 0.357. The van der Waals surface area contributed by atoms with Gasteiger partial charge in [0.05, 0.1) is 17.4 Å². The normalized spacial score (nSPS) is 18.1. The Balaban J connectivity index is 1.91. The van der Waals surface area contributed by atoms with E-state index in [0.717, 1.165) is 34.4 Å². The highest BCUT2D eigenvalue weighted by atomic mass is 79.9. The van der Waals surface area contributed by atoms with Gasteiger partial charge in [-0.05, 0) is 30.5 Å². The number of rotatable bonds is 2. The van der Waals surface area contributed by atoms with Gasteiger partial charge in [0.25, 0.3) is 0 Å². The summed E-state index contributed by atoms with van der Waals surface area (Å²) in [6.45, 7) is 0. The Kier molecular flexibility index (Phi) is 2.99. The number of nitrogens with two attached hydrogens (primary N) is 1. The number of hydrogen-bond acceptors (Lipinski definition) is 2. The van der Waals surface area contributed by atoms with Crippen molar-refractivity contribution < 1.29 is 0 Å². The Labute approximate surface area is 115 Å². The Morgan fingerprint density at radius 1 is 1.17 bits per heavy atom. The maximum absolute atomic E-state index is 6.39. The Bertz CT molecular complexity index is 538. The molecule has 4 heteroatoms. The molecule has 0 unspecified atom stereocenters. The topological polar surface area (TPSA) is 54.7 Å². The lowest BCUT2D eigenvalue weighted by atomic mass is 9.99. The Hall–Kier alpha value is -1.13. The zero-order valence-corrected chi connectivity index (χ0v) is 11.7. The summed E-state index contributed by atoms with van der Waals surface area (Å²) in [5.41, 5.74) is 8.33. The average molecular weight is 306 g/mol. The highest BCUT2D eigenvalue weighted by molar-refractivity contribution is 9.10. The lowest BCUT2D eigenvalue weighted by molar-refractivity contribution is 0.436. The van der Waals surface area contributed by atoms with Crippen LogP contribution in [0.25, 0.3) is 11.3 Å². The van der Waals surface area contributed by atoms with Gasteiger partial charge < -0.3 is 10.7 Å². The van der Waals surface area contributed by atoms with E-state index in [9.17, 15) is 0 Å². The van der Waals surface area contributed by atoms with Crippen molar-refractivity contribution in [3.05, 3.63) is 40.8 Å². The summed E-state index contributed by atoms with van der Waals surface area (Å²) in [6.07, 6.45) is 6.34. The van der Waals surface area contributed by atoms with Gasteiger partial charge in [0.15, 0.2) is 0 Å². The van der Waals surface area contributed by atoms with Crippen LogP contribution in [0.4, 0.5) is 0 Å². The number of halogens is 1. The van der Waals surface area contributed by atoms with Crippen molar-refractivity contribution in [1.82, 2.24) is 9.97 Å². The second-order valence-corrected chi connectivity index (χ2v) is 5.93. The molecule has 3 rings (SSSR count). The van der Waals surface area contributed by atoms with E-state index in [1.807, 2.05) is 18.3 Å². The quantitative estimate of drug-likeness (QED) is 0.891. The molecular weight excluding hydrogens is 290 g/mol. The van der Waals surface area contributed by atoms with E-state index >= 15 is 0 Å². The molecule has 18 heavy (non-hydrogen) atoms. The van der Waals surface area contributed by atoms with Gasteiger partial charge in [0.2, 0.25) is 0 Å². The molecule has 1 heterocycles. The van der Waals surface area contributed by atoms with Crippen LogP contribution in [0.5, 0.6) is 0 Å². The minimum atomic E-state index is -0.242. The second kappa shape index (κ2) is 4.52. The third-order valence-corrected chi connectivity index (χ3v) is 4.23. The van der Waals surface area contributed by atoms with Gasteiger partial charge in [0.1, 0.15) is 5.82 Å². The molecular formula is C14H16BrN3. The largest absolute Gasteiger partial charge is 0.340 e. The first kappa shape index (κ1) is 11.9. The summed E-state index contributed by atoms with van der Waals surface area (Å²) < 4.78 is 1.08. The third kappa shape index (κ3) is 2.10. The van der Waals surface area contributed by atoms with Crippen molar-refractivity contribution >= 4 is 15.9 Å². The molecule has 1 aliphatic carbocycles. The smallest absolute Gasteiger partial charge is 0.126 e. The van der Waals surface area contributed by atoms with Crippen LogP contribution in [-0.2, 0) is 5.54 Å². The molecule has 1 aromatic carbocycles. The van der Waals surface area contributed by atoms with Crippen molar-refractivity contribution in [2.75, 3.05) is 0 Å². The highest BCUT2D eigenvalue weighted by Gasteiger charge is 2.33. The first-order chi connectivity index (χ1) is 8.67. The van der Waals surface area contributed by atoms with Crippen LogP contribution < -0.4 is 5.73 Å². The van der Waals surface area contributed by atoms with E-state index in [1.165, 1.54) is 12.8 Å². The molecule has 3 nitrogen and oxygen atoms in total. The van der Waals surface area contributed by atoms with E-state index in [4.69, 9.17) is 5.73 Å². The van der Waals surface area contributed by atoms with Crippen LogP contribution in [0.1, 0.15) is 31.5 Å². The second-order valence-electron chi connectivity index (χ2n) is 5.02. The summed E-state index contributed by atoms with van der Waals surface area (Å²) in [7, 11) is 0. The van der Waals surface area contributed by atoms with Gasteiger partial charge in [0, 0.05) is 4.47 Å². The van der Waals surface area contributed by atoms with Gasteiger partial charge in [-0.25, -0.2) is 4.98 Å². The lowest BCUT2D eigenvalue weighted by Gasteiger charge is -2.20. The summed E-state index contributed by atoms with van der Waals surface area (Å²) in [5.74, 6) is 0.929. The van der Waals surface area contributed by atoms with E-state index in [0.29, 0.717) is 0 Å². The predicted molar refractivity (Wildman–Crippen MR) is 76.1 cm³/mol. The summed E-state index contributed by atoms with van der Waals surface area (Å²) in [6, 6.07) is 8.20. The molecule has 3 N–H and O–H groups in total. The number of aromatic nitrogens is 2. The molecule has 0 radical (unpaired) electrons. The molecule has 1 fully saturated rings. The summed E-state index contributed by atoms with van der Waals surface area (Å²) in [4.78, 5) is 7.86. The van der Waals surface area contributed by atoms with Gasteiger partial charge in [-0.1, -0.05) is 40.9 Å². The molecule has 1 aromatic heterocycles. The summed E-state index contributed by atoms with van der Waals surface area (Å²) in [5, 5.41) is 0. The fourth-order valence-corrected chi connectivity index (χ4v) is 2.86. The Morgan fingerprint density at radius 3 is 2.50 bits per heavy atom. The molecule has 0 spiro atoms. The number of benzene rings is 1. The van der Waals surface area contributed by atoms with E-state index in [1.54, 1.807) is 0 Å². The standard InChI is InChI=1S/C14H16BrN3/c15-11-5-3-10(4-6-11)12-9-17-13(18-12)14(16)7-1-2-8-14/h3-6,9H,1-2,7-8,16H2,(H,17,18). The van der Waals surface area contributed by atoms with Crippen LogP contribution in [-0.4, -0.2) is 9.97 Å². The molecule has 94 valence electrons. The number of nitrogens with one attached hydrogen (secondary N) is 1. The first-order valence-electron chi connectivity index (χ1n) is 6.28. The minimum Gasteiger partial charge on any atom is -0.340 e. The molecule has 2 aromatic rings. The number of imidazole rings is 1. The van der Waals surface area contributed by atoms with Crippen LogP contribution in [0.15, 0.2) is 34.9 Å². The number of aromatic amines is 1. The highest BCUT2D eigenvalue weighted by Crippen LogP contribution is 2.35. The zero-order valence-electron chi connectivity index (χ0n) is 10.1. The Morgan fingerprint density at radius 2 is 1.83 bits per heavy atom. The van der Waals surface area contributed by atoms with E-state index in [2.05, 4.69) is 38.0 Å². The first-order valence-corrected chi connectivity index (χ1v) is 7.07. The van der Waals surface area contributed by atoms with Crippen molar-refractivity contribution in [2.24, 2.45) is 5.73 Å². The fourth-order valence-electron chi connectivity index (χ4n) is 2.59. The molecule has 0 saturated heterocycles. The molecule has 0 amide bonds. The van der Waals surface area contributed by atoms with Gasteiger partial charge in [-0.15, -0.1) is 0 Å². The van der Waals surface area contributed by atoms with Crippen LogP contribution in [0.2, 0.25) is 0 Å². The maximum atomic E-state index is 6.39. The van der Waals surface area contributed by atoms with Crippen molar-refractivity contribution in [1.29, 1.82) is 0 Å². The molecule has 0 aliphatic heterocycles. The lowest BCUT2D eigenvalue weighted by Crippen LogP contribution is -2.34. The van der Waals surface area contributed by atoms with Gasteiger partial charge in [-0.2, -0.15) is 0 Å². The molecule has 1 saturated carbocycles. The van der Waals surface area contributed by atoms with Crippen molar-refractivity contribution in [2.45, 2.75) is 31.2 Å². The van der Waals surface area contributed by atoms with E-state index in [-0.39, 0.29) is 5.54 Å². The monoisotopic (exact) mass is 305 g/mol. The van der Waals surface area contributed by atoms with Crippen molar-refractivity contribution in [3.63, 3.8) is 0 Å². The van der Waals surface area contributed by atoms with Crippen molar-refractivity contribution in [3.8, 4) is 11.3 Å². The predicted octanol–water partition coefficient (Wildman–Crippen LogP) is 3.57. The number of H-pyrrole nitrogens is 1. The van der Waals surface area contributed by atoms with Crippen LogP contribution >= 0.6 is 15.9 Å². The van der Waals surface area contributed by atoms with E-state index < -0.39 is 0 Å².